The van der Waals surface area contributed by atoms with E-state index in [1.807, 2.05) is 18.4 Å². The molecule has 1 aromatic carbocycles. The molecule has 0 spiro atoms. The Hall–Kier alpha value is -3.07. The molecule has 0 unspecified atom stereocenters. The summed E-state index contributed by atoms with van der Waals surface area (Å²) in [7, 11) is 1.49. The second kappa shape index (κ2) is 9.62. The molecule has 2 heterocycles. The largest absolute Gasteiger partial charge is 0.493 e. The third kappa shape index (κ3) is 4.91. The fourth-order valence-electron chi connectivity index (χ4n) is 2.77. The Kier molecular flexibility index (Phi) is 6.94. The molecule has 9 nitrogen and oxygen atoms in total. The fraction of sp³-hybridized carbons (Fsp3) is 0.400. The number of nitrogen functional groups attached to an aromatic ring is 1. The van der Waals surface area contributed by atoms with Gasteiger partial charge in [0.1, 0.15) is 11.8 Å². The molecule has 0 aliphatic rings. The molecule has 30 heavy (non-hydrogen) atoms. The number of anilines is 1. The van der Waals surface area contributed by atoms with Gasteiger partial charge in [-0.3, -0.25) is 0 Å². The molecule has 0 saturated heterocycles. The summed E-state index contributed by atoms with van der Waals surface area (Å²) in [6.07, 6.45) is 3.60. The molecule has 3 aromatic rings. The number of halogens is 1. The molecule has 0 bridgehead atoms. The quantitative estimate of drug-likeness (QED) is 0.403. The van der Waals surface area contributed by atoms with Crippen molar-refractivity contribution in [2.24, 2.45) is 5.92 Å². The number of methoxy groups -OCH3 is 1. The van der Waals surface area contributed by atoms with Crippen LogP contribution in [-0.4, -0.2) is 45.8 Å². The van der Waals surface area contributed by atoms with Gasteiger partial charge in [0.05, 0.1) is 37.2 Å². The second-order valence-electron chi connectivity index (χ2n) is 7.05. The number of rotatable bonds is 9. The van der Waals surface area contributed by atoms with Crippen LogP contribution in [0.5, 0.6) is 11.5 Å². The van der Waals surface area contributed by atoms with Crippen molar-refractivity contribution in [3.8, 4) is 11.5 Å². The van der Waals surface area contributed by atoms with Crippen molar-refractivity contribution in [3.05, 3.63) is 35.4 Å². The van der Waals surface area contributed by atoms with Gasteiger partial charge in [-0.25, -0.2) is 19.7 Å². The number of benzene rings is 1. The van der Waals surface area contributed by atoms with Gasteiger partial charge in [0.2, 0.25) is 0 Å². The molecule has 2 aromatic heterocycles. The predicted octanol–water partition coefficient (Wildman–Crippen LogP) is 3.35. The molecule has 10 heteroatoms. The number of ether oxygens (including phenoxy) is 3. The van der Waals surface area contributed by atoms with Gasteiger partial charge in [-0.15, -0.1) is 0 Å². The van der Waals surface area contributed by atoms with Crippen LogP contribution in [0.25, 0.3) is 11.2 Å². The highest BCUT2D eigenvalue weighted by Crippen LogP contribution is 2.37. The Labute approximate surface area is 179 Å². The number of hydrogen-bond acceptors (Lipinski definition) is 8. The minimum Gasteiger partial charge on any atom is -0.493 e. The Balaban J connectivity index is 1.59. The maximum Gasteiger partial charge on any atom is 0.338 e. The van der Waals surface area contributed by atoms with E-state index in [1.165, 1.54) is 19.5 Å². The lowest BCUT2D eigenvalue weighted by Gasteiger charge is -2.15. The smallest absolute Gasteiger partial charge is 0.338 e. The molecule has 160 valence electrons. The van der Waals surface area contributed by atoms with Gasteiger partial charge in [-0.1, -0.05) is 25.4 Å². The van der Waals surface area contributed by atoms with Gasteiger partial charge >= 0.3 is 5.97 Å². The van der Waals surface area contributed by atoms with Crippen LogP contribution < -0.4 is 15.2 Å². The summed E-state index contributed by atoms with van der Waals surface area (Å²) in [6, 6.07) is 3.08. The average molecular weight is 434 g/mol. The van der Waals surface area contributed by atoms with Crippen molar-refractivity contribution >= 4 is 34.6 Å². The van der Waals surface area contributed by atoms with Crippen molar-refractivity contribution in [1.29, 1.82) is 0 Å². The molecular formula is C20H24ClN5O4. The van der Waals surface area contributed by atoms with Crippen molar-refractivity contribution in [1.82, 2.24) is 19.5 Å². The SMILES string of the molecule is COc1cc(C(=O)OCCCn2cnc3c(N)ncnc32)cc(Cl)c1OCC(C)C. The lowest BCUT2D eigenvalue weighted by molar-refractivity contribution is 0.0495. The van der Waals surface area contributed by atoms with E-state index in [9.17, 15) is 4.79 Å². The van der Waals surface area contributed by atoms with Crippen LogP contribution in [0.4, 0.5) is 5.82 Å². The van der Waals surface area contributed by atoms with Crippen LogP contribution in [0, 0.1) is 5.92 Å². The zero-order chi connectivity index (χ0) is 21.7. The van der Waals surface area contributed by atoms with Crippen LogP contribution in [0.2, 0.25) is 5.02 Å². The van der Waals surface area contributed by atoms with E-state index < -0.39 is 5.97 Å². The Bertz CT molecular complexity index is 1040. The summed E-state index contributed by atoms with van der Waals surface area (Å²) in [4.78, 5) is 24.7. The van der Waals surface area contributed by atoms with Crippen molar-refractivity contribution in [2.75, 3.05) is 26.1 Å². The zero-order valence-corrected chi connectivity index (χ0v) is 17.8. The first-order valence-corrected chi connectivity index (χ1v) is 9.87. The molecule has 3 rings (SSSR count). The number of hydrogen-bond donors (Lipinski definition) is 1. The Morgan fingerprint density at radius 3 is 2.80 bits per heavy atom. The van der Waals surface area contributed by atoms with Gasteiger partial charge in [0.25, 0.3) is 0 Å². The van der Waals surface area contributed by atoms with Crippen LogP contribution >= 0.6 is 11.6 Å². The monoisotopic (exact) mass is 433 g/mol. The maximum absolute atomic E-state index is 12.4. The van der Waals surface area contributed by atoms with Gasteiger partial charge in [0, 0.05) is 6.54 Å². The van der Waals surface area contributed by atoms with Crippen molar-refractivity contribution < 1.29 is 19.0 Å². The summed E-state index contributed by atoms with van der Waals surface area (Å²) in [5.41, 5.74) is 7.27. The summed E-state index contributed by atoms with van der Waals surface area (Å²) >= 11 is 6.29. The third-order valence-electron chi connectivity index (χ3n) is 4.23. The second-order valence-corrected chi connectivity index (χ2v) is 7.46. The number of carbonyl (C=O) groups is 1. The molecule has 0 saturated carbocycles. The highest BCUT2D eigenvalue weighted by Gasteiger charge is 2.17. The first kappa shape index (κ1) is 21.6. The number of nitrogens with two attached hydrogens (primary N) is 1. The Morgan fingerprint density at radius 1 is 1.27 bits per heavy atom. The molecule has 0 radical (unpaired) electrons. The number of esters is 1. The average Bonchev–Trinajstić information content (AvgIpc) is 3.13. The van der Waals surface area contributed by atoms with Crippen molar-refractivity contribution in [2.45, 2.75) is 26.8 Å². The number of imidazole rings is 1. The van der Waals surface area contributed by atoms with E-state index in [-0.39, 0.29) is 6.61 Å². The summed E-state index contributed by atoms with van der Waals surface area (Å²) in [5.74, 6) is 0.963. The number of fused-ring (bicyclic) bond motifs is 1. The van der Waals surface area contributed by atoms with Crippen LogP contribution in [0.1, 0.15) is 30.6 Å². The van der Waals surface area contributed by atoms with Crippen LogP contribution in [0.15, 0.2) is 24.8 Å². The fourth-order valence-corrected chi connectivity index (χ4v) is 3.04. The lowest BCUT2D eigenvalue weighted by atomic mass is 10.2. The van der Waals surface area contributed by atoms with E-state index in [2.05, 4.69) is 15.0 Å². The molecule has 0 atom stereocenters. The van der Waals surface area contributed by atoms with E-state index in [0.717, 1.165) is 0 Å². The number of carbonyl (C=O) groups excluding carboxylic acids is 1. The number of aromatic nitrogens is 4. The van der Waals surface area contributed by atoms with E-state index in [4.69, 9.17) is 31.5 Å². The molecule has 0 fully saturated rings. The first-order valence-electron chi connectivity index (χ1n) is 9.49. The third-order valence-corrected chi connectivity index (χ3v) is 4.51. The predicted molar refractivity (Wildman–Crippen MR) is 113 cm³/mol. The Morgan fingerprint density at radius 2 is 2.07 bits per heavy atom. The topological polar surface area (TPSA) is 114 Å². The lowest BCUT2D eigenvalue weighted by Crippen LogP contribution is -2.10. The molecular weight excluding hydrogens is 410 g/mol. The van der Waals surface area contributed by atoms with Gasteiger partial charge in [-0.2, -0.15) is 0 Å². The van der Waals surface area contributed by atoms with Gasteiger partial charge in [0.15, 0.2) is 23.0 Å². The summed E-state index contributed by atoms with van der Waals surface area (Å²) in [6.45, 7) is 5.32. The van der Waals surface area contributed by atoms with E-state index in [1.54, 1.807) is 12.4 Å². The van der Waals surface area contributed by atoms with Gasteiger partial charge in [-0.05, 0) is 24.5 Å². The minimum atomic E-state index is -0.493. The highest BCUT2D eigenvalue weighted by atomic mass is 35.5. The summed E-state index contributed by atoms with van der Waals surface area (Å²) in [5, 5.41) is 0.295. The van der Waals surface area contributed by atoms with Gasteiger partial charge < -0.3 is 24.5 Å². The van der Waals surface area contributed by atoms with Crippen LogP contribution in [-0.2, 0) is 11.3 Å². The van der Waals surface area contributed by atoms with E-state index in [0.29, 0.717) is 64.6 Å². The molecule has 0 aliphatic heterocycles. The molecule has 2 N–H and O–H groups in total. The molecule has 0 aliphatic carbocycles. The van der Waals surface area contributed by atoms with E-state index >= 15 is 0 Å². The molecule has 0 amide bonds. The highest BCUT2D eigenvalue weighted by molar-refractivity contribution is 6.32. The first-order chi connectivity index (χ1) is 14.4. The standard InChI is InChI=1S/C20H24ClN5O4/c1-12(2)9-30-17-14(21)7-13(8-15(17)28-3)20(27)29-6-4-5-26-11-25-16-18(22)23-10-24-19(16)26/h7-8,10-12H,4-6,9H2,1-3H3,(H2,22,23,24). The van der Waals surface area contributed by atoms with Crippen LogP contribution in [0.3, 0.4) is 0 Å². The number of nitrogens with zero attached hydrogens (tertiary/aromatic N) is 4. The minimum absolute atomic E-state index is 0.213. The normalized spacial score (nSPS) is 11.1. The zero-order valence-electron chi connectivity index (χ0n) is 17.1. The summed E-state index contributed by atoms with van der Waals surface area (Å²) < 4.78 is 18.2. The number of aryl methyl sites for hydroxylation is 1. The van der Waals surface area contributed by atoms with Crippen molar-refractivity contribution in [3.63, 3.8) is 0 Å². The maximum atomic E-state index is 12.4.